The molecule has 0 aliphatic heterocycles. The molecule has 2 rings (SSSR count). The molecule has 1 amide bonds. The van der Waals surface area contributed by atoms with E-state index in [1.165, 1.54) is 39.4 Å². The molecule has 2 aromatic rings. The predicted octanol–water partition coefficient (Wildman–Crippen LogP) is 2.64. The second-order valence-corrected chi connectivity index (χ2v) is 8.50. The predicted molar refractivity (Wildman–Crippen MR) is 99.2 cm³/mol. The summed E-state index contributed by atoms with van der Waals surface area (Å²) in [5.41, 5.74) is 1.17. The molecule has 0 aromatic heterocycles. The van der Waals surface area contributed by atoms with Crippen LogP contribution in [0.15, 0.2) is 51.8 Å². The van der Waals surface area contributed by atoms with Crippen LogP contribution in [0.3, 0.4) is 0 Å². The molecule has 1 N–H and O–H groups in total. The largest absolute Gasteiger partial charge is 0.495 e. The number of carbonyl (C=O) groups is 1. The molecular formula is C17H19BrN2O4S. The van der Waals surface area contributed by atoms with Gasteiger partial charge in [-0.2, -0.15) is 0 Å². The molecule has 0 spiro atoms. The summed E-state index contributed by atoms with van der Waals surface area (Å²) in [5.74, 6) is -0.171. The minimum absolute atomic E-state index is 0.0462. The van der Waals surface area contributed by atoms with Crippen molar-refractivity contribution in [3.63, 3.8) is 0 Å². The molecule has 2 aromatic carbocycles. The number of nitrogens with zero attached hydrogens (tertiary/aromatic N) is 1. The fourth-order valence-corrected chi connectivity index (χ4v) is 3.67. The van der Waals surface area contributed by atoms with E-state index >= 15 is 0 Å². The molecule has 0 aliphatic carbocycles. The summed E-state index contributed by atoms with van der Waals surface area (Å²) in [5, 5.41) is 2.78. The van der Waals surface area contributed by atoms with Crippen molar-refractivity contribution in [2.45, 2.75) is 11.4 Å². The molecule has 6 nitrogen and oxygen atoms in total. The first-order valence-electron chi connectivity index (χ1n) is 7.39. The third-order valence-electron chi connectivity index (χ3n) is 3.53. The van der Waals surface area contributed by atoms with Crippen LogP contribution < -0.4 is 10.1 Å². The summed E-state index contributed by atoms with van der Waals surface area (Å²) in [6, 6.07) is 11.9. The van der Waals surface area contributed by atoms with Crippen molar-refractivity contribution in [1.82, 2.24) is 9.62 Å². The topological polar surface area (TPSA) is 75.7 Å². The number of halogens is 1. The van der Waals surface area contributed by atoms with Gasteiger partial charge in [0.05, 0.1) is 7.11 Å². The van der Waals surface area contributed by atoms with Gasteiger partial charge in [0.15, 0.2) is 0 Å². The normalized spacial score (nSPS) is 11.4. The summed E-state index contributed by atoms with van der Waals surface area (Å²) in [4.78, 5) is 12.3. The Hall–Kier alpha value is -1.90. The molecule has 0 radical (unpaired) electrons. The first-order valence-corrected chi connectivity index (χ1v) is 9.62. The number of methoxy groups -OCH3 is 1. The maximum Gasteiger partial charge on any atom is 0.251 e. The van der Waals surface area contributed by atoms with Crippen molar-refractivity contribution < 1.29 is 17.9 Å². The van der Waals surface area contributed by atoms with Crippen LogP contribution in [0.25, 0.3) is 0 Å². The molecule has 0 saturated carbocycles. The van der Waals surface area contributed by atoms with Crippen LogP contribution in [0.5, 0.6) is 5.75 Å². The van der Waals surface area contributed by atoms with Crippen LogP contribution in [0.2, 0.25) is 0 Å². The van der Waals surface area contributed by atoms with Gasteiger partial charge in [0.2, 0.25) is 10.0 Å². The minimum atomic E-state index is -3.73. The van der Waals surface area contributed by atoms with E-state index < -0.39 is 10.0 Å². The van der Waals surface area contributed by atoms with E-state index in [1.54, 1.807) is 0 Å². The van der Waals surface area contributed by atoms with Gasteiger partial charge in [-0.15, -0.1) is 0 Å². The first-order chi connectivity index (χ1) is 11.8. The van der Waals surface area contributed by atoms with Crippen molar-refractivity contribution >= 4 is 31.9 Å². The number of ether oxygens (including phenoxy) is 1. The standard InChI is InChI=1S/C17H19BrN2O4S/c1-20(2)25(22,23)16-10-13(7-8-15(16)24-3)17(21)19-11-12-5-4-6-14(18)9-12/h4-10H,11H2,1-3H3,(H,19,21). The summed E-state index contributed by atoms with van der Waals surface area (Å²) >= 11 is 3.38. The van der Waals surface area contributed by atoms with Gasteiger partial charge in [0.25, 0.3) is 5.91 Å². The second kappa shape index (κ2) is 7.99. The Morgan fingerprint density at radius 2 is 1.92 bits per heavy atom. The first kappa shape index (κ1) is 19.4. The number of sulfonamides is 1. The van der Waals surface area contributed by atoms with Crippen molar-refractivity contribution in [3.8, 4) is 5.75 Å². The molecule has 0 unspecified atom stereocenters. The fraction of sp³-hybridized carbons (Fsp3) is 0.235. The van der Waals surface area contributed by atoms with E-state index in [4.69, 9.17) is 4.74 Å². The number of nitrogens with one attached hydrogen (secondary N) is 1. The van der Waals surface area contributed by atoms with Crippen LogP contribution in [0.4, 0.5) is 0 Å². The van der Waals surface area contributed by atoms with Gasteiger partial charge in [-0.1, -0.05) is 28.1 Å². The Bertz CT molecular complexity index is 882. The van der Waals surface area contributed by atoms with E-state index in [0.29, 0.717) is 6.54 Å². The van der Waals surface area contributed by atoms with Crippen LogP contribution in [0, 0.1) is 0 Å². The van der Waals surface area contributed by atoms with Gasteiger partial charge in [0.1, 0.15) is 10.6 Å². The molecule has 0 heterocycles. The van der Waals surface area contributed by atoms with Gasteiger partial charge in [0, 0.05) is 30.7 Å². The molecule has 8 heteroatoms. The molecule has 0 atom stereocenters. The van der Waals surface area contributed by atoms with Crippen LogP contribution >= 0.6 is 15.9 Å². The van der Waals surface area contributed by atoms with E-state index in [-0.39, 0.29) is 22.1 Å². The Balaban J connectivity index is 2.26. The lowest BCUT2D eigenvalue weighted by molar-refractivity contribution is 0.0950. The summed E-state index contributed by atoms with van der Waals surface area (Å²) in [7, 11) is 0.510. The van der Waals surface area contributed by atoms with Gasteiger partial charge >= 0.3 is 0 Å². The van der Waals surface area contributed by atoms with Gasteiger partial charge in [-0.25, -0.2) is 12.7 Å². The second-order valence-electron chi connectivity index (χ2n) is 5.47. The van der Waals surface area contributed by atoms with Crippen molar-refractivity contribution in [3.05, 3.63) is 58.1 Å². The zero-order chi connectivity index (χ0) is 18.6. The highest BCUT2D eigenvalue weighted by Gasteiger charge is 2.23. The number of carbonyl (C=O) groups excluding carboxylic acids is 1. The quantitative estimate of drug-likeness (QED) is 0.769. The van der Waals surface area contributed by atoms with Crippen LogP contribution in [0.1, 0.15) is 15.9 Å². The number of hydrogen-bond acceptors (Lipinski definition) is 4. The zero-order valence-corrected chi connectivity index (χ0v) is 16.5. The van der Waals surface area contributed by atoms with Crippen LogP contribution in [-0.4, -0.2) is 39.8 Å². The molecule has 0 fully saturated rings. The monoisotopic (exact) mass is 426 g/mol. The molecule has 0 saturated heterocycles. The van der Waals surface area contributed by atoms with E-state index in [0.717, 1.165) is 14.3 Å². The summed E-state index contributed by atoms with van der Waals surface area (Å²) in [6.07, 6.45) is 0. The molecular weight excluding hydrogens is 408 g/mol. The Morgan fingerprint density at radius 1 is 1.20 bits per heavy atom. The molecule has 0 bridgehead atoms. The van der Waals surface area contributed by atoms with E-state index in [9.17, 15) is 13.2 Å². The maximum atomic E-state index is 12.4. The Labute approximate surface area is 156 Å². The molecule has 134 valence electrons. The lowest BCUT2D eigenvalue weighted by atomic mass is 10.2. The third-order valence-corrected chi connectivity index (χ3v) is 5.86. The van der Waals surface area contributed by atoms with Gasteiger partial charge in [-0.3, -0.25) is 4.79 Å². The number of hydrogen-bond donors (Lipinski definition) is 1. The number of benzene rings is 2. The molecule has 0 aliphatic rings. The smallest absolute Gasteiger partial charge is 0.251 e. The average molecular weight is 427 g/mol. The Kier molecular flexibility index (Phi) is 6.21. The van der Waals surface area contributed by atoms with E-state index in [2.05, 4.69) is 21.2 Å². The highest BCUT2D eigenvalue weighted by molar-refractivity contribution is 9.10. The summed E-state index contributed by atoms with van der Waals surface area (Å²) in [6.45, 7) is 0.333. The van der Waals surface area contributed by atoms with Gasteiger partial charge < -0.3 is 10.1 Å². The zero-order valence-electron chi connectivity index (χ0n) is 14.1. The maximum absolute atomic E-state index is 12.4. The number of rotatable bonds is 6. The van der Waals surface area contributed by atoms with Gasteiger partial charge in [-0.05, 0) is 35.9 Å². The fourth-order valence-electron chi connectivity index (χ4n) is 2.15. The highest BCUT2D eigenvalue weighted by atomic mass is 79.9. The number of amides is 1. The lowest BCUT2D eigenvalue weighted by Gasteiger charge is -2.15. The Morgan fingerprint density at radius 3 is 2.52 bits per heavy atom. The van der Waals surface area contributed by atoms with Crippen molar-refractivity contribution in [2.24, 2.45) is 0 Å². The molecule has 25 heavy (non-hydrogen) atoms. The van der Waals surface area contributed by atoms with E-state index in [1.807, 2.05) is 24.3 Å². The lowest BCUT2D eigenvalue weighted by Crippen LogP contribution is -2.25. The minimum Gasteiger partial charge on any atom is -0.495 e. The van der Waals surface area contributed by atoms with Crippen LogP contribution in [-0.2, 0) is 16.6 Å². The van der Waals surface area contributed by atoms with Crippen molar-refractivity contribution in [2.75, 3.05) is 21.2 Å². The summed E-state index contributed by atoms with van der Waals surface area (Å²) < 4.78 is 31.9. The third kappa shape index (κ3) is 4.59. The SMILES string of the molecule is COc1ccc(C(=O)NCc2cccc(Br)c2)cc1S(=O)(=O)N(C)C. The average Bonchev–Trinajstić information content (AvgIpc) is 2.59. The highest BCUT2D eigenvalue weighted by Crippen LogP contribution is 2.27. The van der Waals surface area contributed by atoms with Crippen molar-refractivity contribution in [1.29, 1.82) is 0 Å².